The maximum atomic E-state index is 5.75. The van der Waals surface area contributed by atoms with Crippen LogP contribution in [0.1, 0.15) is 11.5 Å². The summed E-state index contributed by atoms with van der Waals surface area (Å²) < 4.78 is 4.93. The van der Waals surface area contributed by atoms with E-state index in [0.29, 0.717) is 18.1 Å². The predicted octanol–water partition coefficient (Wildman–Crippen LogP) is 1.62. The van der Waals surface area contributed by atoms with Crippen molar-refractivity contribution in [1.29, 1.82) is 0 Å². The Morgan fingerprint density at radius 1 is 1.50 bits per heavy atom. The zero-order valence-electron chi connectivity index (χ0n) is 8.57. The molecular formula is C9H10ClN5O. The number of hydrogen-bond acceptors (Lipinski definition) is 6. The van der Waals surface area contributed by atoms with Gasteiger partial charge in [0.15, 0.2) is 11.0 Å². The first-order valence-corrected chi connectivity index (χ1v) is 4.96. The molecule has 0 bridgehead atoms. The normalized spacial score (nSPS) is 10.4. The van der Waals surface area contributed by atoms with Crippen LogP contribution in [0.15, 0.2) is 16.9 Å². The molecule has 2 aromatic heterocycles. The van der Waals surface area contributed by atoms with Gasteiger partial charge in [0.2, 0.25) is 0 Å². The van der Waals surface area contributed by atoms with Crippen LogP contribution in [-0.4, -0.2) is 15.1 Å². The summed E-state index contributed by atoms with van der Waals surface area (Å²) in [5, 5.41) is 7.06. The van der Waals surface area contributed by atoms with Gasteiger partial charge in [-0.1, -0.05) is 16.8 Å². The maximum absolute atomic E-state index is 5.75. The van der Waals surface area contributed by atoms with Crippen molar-refractivity contribution in [3.05, 3.63) is 29.0 Å². The Kier molecular flexibility index (Phi) is 2.91. The fourth-order valence-electron chi connectivity index (χ4n) is 1.19. The number of hydrogen-bond donors (Lipinski definition) is 2. The predicted molar refractivity (Wildman–Crippen MR) is 60.0 cm³/mol. The molecule has 0 spiro atoms. The van der Waals surface area contributed by atoms with E-state index in [1.807, 2.05) is 13.0 Å². The SMILES string of the molecule is Cc1cc(CNc2ncnc(Cl)c2N)no1. The molecule has 16 heavy (non-hydrogen) atoms. The number of aryl methyl sites for hydroxylation is 1. The lowest BCUT2D eigenvalue weighted by atomic mass is 10.3. The Bertz CT molecular complexity index is 498. The minimum atomic E-state index is 0.230. The molecule has 2 rings (SSSR count). The van der Waals surface area contributed by atoms with Gasteiger partial charge in [-0.3, -0.25) is 0 Å². The molecule has 0 atom stereocenters. The molecule has 0 fully saturated rings. The highest BCUT2D eigenvalue weighted by Crippen LogP contribution is 2.22. The van der Waals surface area contributed by atoms with Crippen LogP contribution >= 0.6 is 11.6 Å². The molecule has 0 unspecified atom stereocenters. The molecule has 2 heterocycles. The number of nitrogen functional groups attached to an aromatic ring is 1. The van der Waals surface area contributed by atoms with E-state index in [2.05, 4.69) is 20.4 Å². The highest BCUT2D eigenvalue weighted by molar-refractivity contribution is 6.32. The summed E-state index contributed by atoms with van der Waals surface area (Å²) in [6, 6.07) is 1.83. The van der Waals surface area contributed by atoms with E-state index in [-0.39, 0.29) is 5.15 Å². The molecule has 3 N–H and O–H groups in total. The second-order valence-corrected chi connectivity index (χ2v) is 3.57. The van der Waals surface area contributed by atoms with Crippen LogP contribution in [0.2, 0.25) is 5.15 Å². The van der Waals surface area contributed by atoms with Crippen molar-refractivity contribution in [2.75, 3.05) is 11.1 Å². The highest BCUT2D eigenvalue weighted by Gasteiger charge is 2.06. The lowest BCUT2D eigenvalue weighted by Gasteiger charge is -2.06. The number of nitrogens with one attached hydrogen (secondary N) is 1. The third-order valence-corrected chi connectivity index (χ3v) is 2.25. The molecule has 7 heteroatoms. The monoisotopic (exact) mass is 239 g/mol. The van der Waals surface area contributed by atoms with Crippen LogP contribution in [0.3, 0.4) is 0 Å². The summed E-state index contributed by atoms with van der Waals surface area (Å²) >= 11 is 5.75. The smallest absolute Gasteiger partial charge is 0.157 e. The van der Waals surface area contributed by atoms with Gasteiger partial charge in [0, 0.05) is 6.07 Å². The van der Waals surface area contributed by atoms with E-state index < -0.39 is 0 Å². The van der Waals surface area contributed by atoms with E-state index >= 15 is 0 Å². The quantitative estimate of drug-likeness (QED) is 0.791. The van der Waals surface area contributed by atoms with Crippen LogP contribution in [0.4, 0.5) is 11.5 Å². The largest absolute Gasteiger partial charge is 0.393 e. The van der Waals surface area contributed by atoms with Crippen molar-refractivity contribution in [2.24, 2.45) is 0 Å². The third-order valence-electron chi connectivity index (χ3n) is 1.95. The van der Waals surface area contributed by atoms with Gasteiger partial charge in [-0.25, -0.2) is 9.97 Å². The zero-order chi connectivity index (χ0) is 11.5. The van der Waals surface area contributed by atoms with Crippen molar-refractivity contribution in [3.63, 3.8) is 0 Å². The van der Waals surface area contributed by atoms with E-state index in [1.165, 1.54) is 6.33 Å². The van der Waals surface area contributed by atoms with E-state index in [0.717, 1.165) is 11.5 Å². The number of rotatable bonds is 3. The first kappa shape index (κ1) is 10.7. The first-order chi connectivity index (χ1) is 7.66. The van der Waals surface area contributed by atoms with Crippen molar-refractivity contribution in [2.45, 2.75) is 13.5 Å². The van der Waals surface area contributed by atoms with Gasteiger partial charge >= 0.3 is 0 Å². The molecule has 84 valence electrons. The van der Waals surface area contributed by atoms with Crippen molar-refractivity contribution >= 4 is 23.1 Å². The molecule has 0 aliphatic carbocycles. The summed E-state index contributed by atoms with van der Waals surface area (Å²) in [7, 11) is 0. The Hall–Kier alpha value is -1.82. The minimum absolute atomic E-state index is 0.230. The topological polar surface area (TPSA) is 89.9 Å². The average molecular weight is 240 g/mol. The van der Waals surface area contributed by atoms with Gasteiger partial charge in [0.25, 0.3) is 0 Å². The fraction of sp³-hybridized carbons (Fsp3) is 0.222. The second kappa shape index (κ2) is 4.36. The summed E-state index contributed by atoms with van der Waals surface area (Å²) in [6.07, 6.45) is 1.34. The van der Waals surface area contributed by atoms with Crippen LogP contribution in [-0.2, 0) is 6.54 Å². The number of halogens is 1. The average Bonchev–Trinajstić information content (AvgIpc) is 2.67. The molecule has 6 nitrogen and oxygen atoms in total. The fourth-order valence-corrected chi connectivity index (χ4v) is 1.32. The molecule has 0 radical (unpaired) electrons. The van der Waals surface area contributed by atoms with Gasteiger partial charge < -0.3 is 15.6 Å². The lowest BCUT2D eigenvalue weighted by molar-refractivity contribution is 0.391. The van der Waals surface area contributed by atoms with Gasteiger partial charge in [-0.05, 0) is 6.92 Å². The number of aromatic nitrogens is 3. The third kappa shape index (κ3) is 2.22. The molecule has 0 aliphatic rings. The van der Waals surface area contributed by atoms with Crippen LogP contribution in [0.25, 0.3) is 0 Å². The maximum Gasteiger partial charge on any atom is 0.157 e. The lowest BCUT2D eigenvalue weighted by Crippen LogP contribution is -2.05. The standard InChI is InChI=1S/C9H10ClN5O/c1-5-2-6(15-16-5)3-12-9-7(11)8(10)13-4-14-9/h2,4H,3,11H2,1H3,(H,12,13,14). The molecule has 0 saturated heterocycles. The summed E-state index contributed by atoms with van der Waals surface area (Å²) in [5.41, 5.74) is 6.78. The Balaban J connectivity index is 2.07. The van der Waals surface area contributed by atoms with Crippen molar-refractivity contribution < 1.29 is 4.52 Å². The van der Waals surface area contributed by atoms with E-state index in [9.17, 15) is 0 Å². The molecule has 0 aliphatic heterocycles. The van der Waals surface area contributed by atoms with Crippen LogP contribution < -0.4 is 11.1 Å². The summed E-state index contributed by atoms with van der Waals surface area (Å²) in [4.78, 5) is 7.72. The highest BCUT2D eigenvalue weighted by atomic mass is 35.5. The second-order valence-electron chi connectivity index (χ2n) is 3.21. The van der Waals surface area contributed by atoms with Gasteiger partial charge in [0.1, 0.15) is 23.5 Å². The Labute approximate surface area is 96.8 Å². The first-order valence-electron chi connectivity index (χ1n) is 4.59. The molecule has 0 amide bonds. The van der Waals surface area contributed by atoms with Crippen LogP contribution in [0, 0.1) is 6.92 Å². The molecule has 2 aromatic rings. The van der Waals surface area contributed by atoms with E-state index in [1.54, 1.807) is 0 Å². The Morgan fingerprint density at radius 2 is 2.31 bits per heavy atom. The number of anilines is 2. The van der Waals surface area contributed by atoms with E-state index in [4.69, 9.17) is 21.9 Å². The summed E-state index contributed by atoms with van der Waals surface area (Å²) in [6.45, 7) is 2.29. The van der Waals surface area contributed by atoms with Gasteiger partial charge in [-0.2, -0.15) is 0 Å². The zero-order valence-corrected chi connectivity index (χ0v) is 9.32. The number of nitrogens with two attached hydrogens (primary N) is 1. The molecule has 0 aromatic carbocycles. The van der Waals surface area contributed by atoms with Gasteiger partial charge in [0.05, 0.1) is 6.54 Å². The van der Waals surface area contributed by atoms with Crippen molar-refractivity contribution in [3.8, 4) is 0 Å². The van der Waals surface area contributed by atoms with Crippen molar-refractivity contribution in [1.82, 2.24) is 15.1 Å². The molecule has 0 saturated carbocycles. The summed E-state index contributed by atoms with van der Waals surface area (Å²) in [5.74, 6) is 1.24. The minimum Gasteiger partial charge on any atom is -0.393 e. The Morgan fingerprint density at radius 3 is 3.00 bits per heavy atom. The number of nitrogens with zero attached hydrogens (tertiary/aromatic N) is 3. The molecular weight excluding hydrogens is 230 g/mol. The van der Waals surface area contributed by atoms with Crippen LogP contribution in [0.5, 0.6) is 0 Å². The van der Waals surface area contributed by atoms with Gasteiger partial charge in [-0.15, -0.1) is 0 Å².